The number of hydrogen-bond donors (Lipinski definition) is 1. The molecule has 0 aliphatic heterocycles. The average Bonchev–Trinajstić information content (AvgIpc) is 2.53. The maximum absolute atomic E-state index is 12.6. The summed E-state index contributed by atoms with van der Waals surface area (Å²) >= 11 is 5.77. The molecule has 2 aromatic rings. The highest BCUT2D eigenvalue weighted by Gasteiger charge is 2.24. The van der Waals surface area contributed by atoms with E-state index in [1.807, 2.05) is 0 Å². The summed E-state index contributed by atoms with van der Waals surface area (Å²) in [6, 6.07) is 5.85. The number of carbonyl (C=O) groups is 1. The van der Waals surface area contributed by atoms with Crippen molar-refractivity contribution in [2.24, 2.45) is 0 Å². The van der Waals surface area contributed by atoms with Crippen LogP contribution < -0.4 is 0 Å². The summed E-state index contributed by atoms with van der Waals surface area (Å²) in [7, 11) is -3.71. The third-order valence-corrected chi connectivity index (χ3v) is 5.26. The molecule has 0 atom stereocenters. The first kappa shape index (κ1) is 17.3. The van der Waals surface area contributed by atoms with Crippen molar-refractivity contribution in [3.63, 3.8) is 0 Å². The molecule has 9 heteroatoms. The molecule has 0 bridgehead atoms. The van der Waals surface area contributed by atoms with E-state index in [0.717, 1.165) is 12.4 Å². The lowest BCUT2D eigenvalue weighted by Crippen LogP contribution is -2.31. The zero-order valence-corrected chi connectivity index (χ0v) is 13.8. The van der Waals surface area contributed by atoms with Crippen molar-refractivity contribution in [3.05, 3.63) is 53.1 Å². The minimum Gasteiger partial charge on any atom is -0.478 e. The molecule has 0 saturated carbocycles. The Balaban J connectivity index is 2.24. The monoisotopic (exact) mass is 355 g/mol. The molecule has 0 unspecified atom stereocenters. The molecular formula is C14H14ClN3O4S. The van der Waals surface area contributed by atoms with Crippen molar-refractivity contribution >= 4 is 27.6 Å². The van der Waals surface area contributed by atoms with Gasteiger partial charge in [-0.25, -0.2) is 23.2 Å². The lowest BCUT2D eigenvalue weighted by molar-refractivity contribution is 0.0696. The van der Waals surface area contributed by atoms with Gasteiger partial charge in [-0.15, -0.1) is 0 Å². The number of carboxylic acids is 1. The number of halogens is 1. The summed E-state index contributed by atoms with van der Waals surface area (Å²) in [5, 5.41) is 9.25. The summed E-state index contributed by atoms with van der Waals surface area (Å²) in [6.45, 7) is 1.86. The van der Waals surface area contributed by atoms with Crippen LogP contribution in [0.3, 0.4) is 0 Å². The predicted octanol–water partition coefficient (Wildman–Crippen LogP) is 2.04. The zero-order valence-electron chi connectivity index (χ0n) is 12.2. The van der Waals surface area contributed by atoms with Crippen LogP contribution in [0.4, 0.5) is 0 Å². The molecule has 1 aromatic carbocycles. The fraction of sp³-hybridized carbons (Fsp3) is 0.214. The van der Waals surface area contributed by atoms with Crippen LogP contribution in [-0.4, -0.2) is 40.3 Å². The van der Waals surface area contributed by atoms with E-state index in [9.17, 15) is 13.2 Å². The number of nitrogens with zero attached hydrogens (tertiary/aromatic N) is 3. The van der Waals surface area contributed by atoms with Gasteiger partial charge in [0.05, 0.1) is 17.0 Å². The Hall–Kier alpha value is -2.03. The highest BCUT2D eigenvalue weighted by atomic mass is 35.5. The van der Waals surface area contributed by atoms with Crippen molar-refractivity contribution in [2.75, 3.05) is 6.54 Å². The Bertz CT molecular complexity index is 792. The van der Waals surface area contributed by atoms with Gasteiger partial charge < -0.3 is 5.11 Å². The van der Waals surface area contributed by atoms with Crippen LogP contribution >= 0.6 is 11.6 Å². The number of benzene rings is 1. The number of sulfonamides is 1. The first-order valence-corrected chi connectivity index (χ1v) is 8.46. The maximum Gasteiger partial charge on any atom is 0.338 e. The highest BCUT2D eigenvalue weighted by molar-refractivity contribution is 7.89. The second-order valence-corrected chi connectivity index (χ2v) is 6.95. The Labute approximate surface area is 138 Å². The lowest BCUT2D eigenvalue weighted by atomic mass is 10.3. The van der Waals surface area contributed by atoms with Gasteiger partial charge in [-0.3, -0.25) is 0 Å². The van der Waals surface area contributed by atoms with Crippen LogP contribution in [0.15, 0.2) is 41.6 Å². The number of carboxylic acid groups (broad SMARTS) is 1. The molecule has 0 fully saturated rings. The molecule has 7 nitrogen and oxygen atoms in total. The molecule has 0 spiro atoms. The zero-order chi connectivity index (χ0) is 17.0. The van der Waals surface area contributed by atoms with Crippen LogP contribution in [0.1, 0.15) is 23.1 Å². The smallest absolute Gasteiger partial charge is 0.338 e. The Kier molecular flexibility index (Phi) is 5.30. The largest absolute Gasteiger partial charge is 0.478 e. The van der Waals surface area contributed by atoms with Crippen molar-refractivity contribution < 1.29 is 18.3 Å². The van der Waals surface area contributed by atoms with Gasteiger partial charge in [-0.05, 0) is 24.3 Å². The van der Waals surface area contributed by atoms with Gasteiger partial charge in [0, 0.05) is 24.0 Å². The molecule has 1 heterocycles. The topological polar surface area (TPSA) is 100 Å². The minimum atomic E-state index is -3.71. The molecule has 0 aliphatic rings. The van der Waals surface area contributed by atoms with E-state index in [2.05, 4.69) is 9.97 Å². The summed E-state index contributed by atoms with van der Waals surface area (Å²) in [5.41, 5.74) is -0.0580. The third-order valence-electron chi connectivity index (χ3n) is 3.07. The molecule has 0 saturated heterocycles. The molecule has 1 N–H and O–H groups in total. The van der Waals surface area contributed by atoms with E-state index in [1.54, 1.807) is 6.92 Å². The fourth-order valence-electron chi connectivity index (χ4n) is 1.83. The summed E-state index contributed by atoms with van der Waals surface area (Å²) in [4.78, 5) is 18.7. The lowest BCUT2D eigenvalue weighted by Gasteiger charge is -2.19. The number of aromatic carboxylic acids is 1. The summed E-state index contributed by atoms with van der Waals surface area (Å²) in [6.07, 6.45) is 2.29. The first-order chi connectivity index (χ1) is 10.8. The van der Waals surface area contributed by atoms with Gasteiger partial charge in [0.15, 0.2) is 0 Å². The number of aromatic nitrogens is 2. The Morgan fingerprint density at radius 1 is 1.22 bits per heavy atom. The van der Waals surface area contributed by atoms with Gasteiger partial charge in [-0.1, -0.05) is 18.5 Å². The molecule has 23 heavy (non-hydrogen) atoms. The van der Waals surface area contributed by atoms with Crippen molar-refractivity contribution in [1.29, 1.82) is 0 Å². The van der Waals surface area contributed by atoms with E-state index < -0.39 is 16.0 Å². The van der Waals surface area contributed by atoms with E-state index >= 15 is 0 Å². The van der Waals surface area contributed by atoms with Crippen molar-refractivity contribution in [1.82, 2.24) is 14.3 Å². The van der Waals surface area contributed by atoms with Gasteiger partial charge in [0.1, 0.15) is 5.82 Å². The molecule has 0 radical (unpaired) electrons. The van der Waals surface area contributed by atoms with Crippen molar-refractivity contribution in [2.45, 2.75) is 18.4 Å². The Morgan fingerprint density at radius 2 is 1.78 bits per heavy atom. The van der Waals surface area contributed by atoms with E-state index in [0.29, 0.717) is 5.02 Å². The SMILES string of the molecule is CCN(Cc1ncc(C(=O)O)cn1)S(=O)(=O)c1ccc(Cl)cc1. The van der Waals surface area contributed by atoms with Crippen LogP contribution in [0.2, 0.25) is 5.02 Å². The second kappa shape index (κ2) is 7.03. The highest BCUT2D eigenvalue weighted by Crippen LogP contribution is 2.19. The average molecular weight is 356 g/mol. The molecule has 2 rings (SSSR count). The quantitative estimate of drug-likeness (QED) is 0.851. The third kappa shape index (κ3) is 4.04. The summed E-state index contributed by atoms with van der Waals surface area (Å²) in [5.74, 6) is -0.924. The predicted molar refractivity (Wildman–Crippen MR) is 83.7 cm³/mol. The molecule has 0 amide bonds. The molecule has 122 valence electrons. The minimum absolute atomic E-state index is 0.0542. The Morgan fingerprint density at radius 3 is 2.26 bits per heavy atom. The van der Waals surface area contributed by atoms with E-state index in [4.69, 9.17) is 16.7 Å². The standard InChI is InChI=1S/C14H14ClN3O4S/c1-2-18(9-13-16-7-10(8-17-13)14(19)20)23(21,22)12-5-3-11(15)4-6-12/h3-8H,2,9H2,1H3,(H,19,20). The normalized spacial score (nSPS) is 11.6. The molecule has 0 aliphatic carbocycles. The van der Waals surface area contributed by atoms with Crippen LogP contribution in [-0.2, 0) is 16.6 Å². The van der Waals surface area contributed by atoms with Crippen LogP contribution in [0.5, 0.6) is 0 Å². The number of rotatable bonds is 6. The number of hydrogen-bond acceptors (Lipinski definition) is 5. The summed E-state index contributed by atoms with van der Waals surface area (Å²) < 4.78 is 26.4. The van der Waals surface area contributed by atoms with Crippen LogP contribution in [0.25, 0.3) is 0 Å². The second-order valence-electron chi connectivity index (χ2n) is 4.58. The first-order valence-electron chi connectivity index (χ1n) is 6.64. The van der Waals surface area contributed by atoms with E-state index in [-0.39, 0.29) is 29.4 Å². The molecule has 1 aromatic heterocycles. The fourth-order valence-corrected chi connectivity index (χ4v) is 3.36. The molecular weight excluding hydrogens is 342 g/mol. The van der Waals surface area contributed by atoms with Crippen LogP contribution in [0, 0.1) is 0 Å². The van der Waals surface area contributed by atoms with Gasteiger partial charge in [0.2, 0.25) is 10.0 Å². The van der Waals surface area contributed by atoms with Gasteiger partial charge >= 0.3 is 5.97 Å². The maximum atomic E-state index is 12.6. The van der Waals surface area contributed by atoms with Gasteiger partial charge in [-0.2, -0.15) is 4.31 Å². The van der Waals surface area contributed by atoms with Gasteiger partial charge in [0.25, 0.3) is 0 Å². The van der Waals surface area contributed by atoms with Crippen molar-refractivity contribution in [3.8, 4) is 0 Å². The van der Waals surface area contributed by atoms with E-state index in [1.165, 1.54) is 28.6 Å².